The maximum atomic E-state index is 11.6. The molecule has 0 aromatic heterocycles. The highest BCUT2D eigenvalue weighted by Crippen LogP contribution is 2.19. The van der Waals surface area contributed by atoms with Crippen molar-refractivity contribution in [3.63, 3.8) is 0 Å². The van der Waals surface area contributed by atoms with Crippen molar-refractivity contribution in [3.05, 3.63) is 35.4 Å². The van der Waals surface area contributed by atoms with E-state index in [1.165, 1.54) is 7.11 Å². The summed E-state index contributed by atoms with van der Waals surface area (Å²) >= 11 is 0. The molecule has 1 aliphatic rings. The van der Waals surface area contributed by atoms with Gasteiger partial charge in [0.1, 0.15) is 5.60 Å². The number of ether oxygens (including phenoxy) is 2. The molecule has 2 rings (SSSR count). The van der Waals surface area contributed by atoms with Crippen LogP contribution in [0.25, 0.3) is 0 Å². The van der Waals surface area contributed by atoms with Crippen LogP contribution < -0.4 is 0 Å². The molecule has 1 aromatic rings. The van der Waals surface area contributed by atoms with E-state index in [0.717, 1.165) is 0 Å². The molecule has 100 valence electrons. The summed E-state index contributed by atoms with van der Waals surface area (Å²) in [6.07, 6.45) is 0.973. The van der Waals surface area contributed by atoms with Gasteiger partial charge in [0.15, 0.2) is 0 Å². The van der Waals surface area contributed by atoms with Crippen LogP contribution in [0.4, 0.5) is 0 Å². The van der Waals surface area contributed by atoms with Crippen LogP contribution in [0.5, 0.6) is 0 Å². The second-order valence-electron chi connectivity index (χ2n) is 4.43. The third kappa shape index (κ3) is 3.34. The molecule has 19 heavy (non-hydrogen) atoms. The van der Waals surface area contributed by atoms with E-state index < -0.39 is 11.6 Å². The molecule has 0 bridgehead atoms. The standard InChI is InChI=1S/C15H16O4/c1-18-14(16)13-5-3-2-4-12(13)6-7-15(17)8-10-19-11-9-15/h2-5,17H,8-11H2,1H3. The first-order valence-electron chi connectivity index (χ1n) is 6.15. The van der Waals surface area contributed by atoms with Crippen LogP contribution in [0.15, 0.2) is 24.3 Å². The van der Waals surface area contributed by atoms with Crippen LogP contribution in [-0.2, 0) is 9.47 Å². The Morgan fingerprint density at radius 1 is 1.37 bits per heavy atom. The third-order valence-electron chi connectivity index (χ3n) is 3.08. The molecule has 1 aromatic carbocycles. The Balaban J connectivity index is 2.26. The summed E-state index contributed by atoms with van der Waals surface area (Å²) < 4.78 is 9.90. The maximum absolute atomic E-state index is 11.6. The van der Waals surface area contributed by atoms with E-state index in [1.54, 1.807) is 24.3 Å². The van der Waals surface area contributed by atoms with Gasteiger partial charge in [0.2, 0.25) is 0 Å². The summed E-state index contributed by atoms with van der Waals surface area (Å²) in [5.74, 6) is 5.31. The molecule has 0 radical (unpaired) electrons. The fourth-order valence-corrected chi connectivity index (χ4v) is 1.90. The number of aliphatic hydroxyl groups is 1. The van der Waals surface area contributed by atoms with Gasteiger partial charge in [-0.3, -0.25) is 0 Å². The van der Waals surface area contributed by atoms with Crippen LogP contribution in [0.1, 0.15) is 28.8 Å². The van der Waals surface area contributed by atoms with Gasteiger partial charge in [-0.25, -0.2) is 4.79 Å². The Morgan fingerprint density at radius 3 is 2.74 bits per heavy atom. The van der Waals surface area contributed by atoms with Crippen molar-refractivity contribution in [3.8, 4) is 11.8 Å². The van der Waals surface area contributed by atoms with Crippen LogP contribution >= 0.6 is 0 Å². The zero-order valence-corrected chi connectivity index (χ0v) is 10.8. The molecule has 0 unspecified atom stereocenters. The lowest BCUT2D eigenvalue weighted by Crippen LogP contribution is -2.34. The summed E-state index contributed by atoms with van der Waals surface area (Å²) in [6.45, 7) is 1.01. The molecule has 1 heterocycles. The predicted octanol–water partition coefficient (Wildman–Crippen LogP) is 1.37. The third-order valence-corrected chi connectivity index (χ3v) is 3.08. The highest BCUT2D eigenvalue weighted by Gasteiger charge is 2.27. The fourth-order valence-electron chi connectivity index (χ4n) is 1.90. The van der Waals surface area contributed by atoms with E-state index in [4.69, 9.17) is 9.47 Å². The number of carbonyl (C=O) groups is 1. The highest BCUT2D eigenvalue weighted by atomic mass is 16.5. The minimum Gasteiger partial charge on any atom is -0.465 e. The van der Waals surface area contributed by atoms with Gasteiger partial charge in [0, 0.05) is 18.4 Å². The molecule has 1 fully saturated rings. The molecule has 1 N–H and O–H groups in total. The minimum absolute atomic E-state index is 0.410. The first-order chi connectivity index (χ1) is 9.14. The zero-order chi connectivity index (χ0) is 13.7. The van der Waals surface area contributed by atoms with Gasteiger partial charge in [-0.05, 0) is 12.1 Å². The van der Waals surface area contributed by atoms with Gasteiger partial charge in [0.25, 0.3) is 0 Å². The fraction of sp³-hybridized carbons (Fsp3) is 0.400. The van der Waals surface area contributed by atoms with Gasteiger partial charge in [-0.1, -0.05) is 24.0 Å². The summed E-state index contributed by atoms with van der Waals surface area (Å²) in [6, 6.07) is 6.94. The highest BCUT2D eigenvalue weighted by molar-refractivity contribution is 5.92. The maximum Gasteiger partial charge on any atom is 0.339 e. The van der Waals surface area contributed by atoms with E-state index in [1.807, 2.05) is 0 Å². The Morgan fingerprint density at radius 2 is 2.05 bits per heavy atom. The Bertz CT molecular complexity index is 518. The minimum atomic E-state index is -1.03. The predicted molar refractivity (Wildman–Crippen MR) is 69.7 cm³/mol. The van der Waals surface area contributed by atoms with Crippen molar-refractivity contribution >= 4 is 5.97 Å². The monoisotopic (exact) mass is 260 g/mol. The molecular weight excluding hydrogens is 244 g/mol. The van der Waals surface area contributed by atoms with Crippen molar-refractivity contribution in [2.24, 2.45) is 0 Å². The van der Waals surface area contributed by atoms with E-state index in [9.17, 15) is 9.90 Å². The molecule has 1 saturated heterocycles. The molecule has 4 nitrogen and oxygen atoms in total. The molecule has 4 heteroatoms. The molecule has 0 atom stereocenters. The summed E-state index contributed by atoms with van der Waals surface area (Å²) in [7, 11) is 1.33. The summed E-state index contributed by atoms with van der Waals surface area (Å²) in [5.41, 5.74) is -0.0518. The van der Waals surface area contributed by atoms with Crippen LogP contribution in [-0.4, -0.2) is 37.0 Å². The number of rotatable bonds is 1. The van der Waals surface area contributed by atoms with Crippen LogP contribution in [0.3, 0.4) is 0 Å². The van der Waals surface area contributed by atoms with E-state index >= 15 is 0 Å². The van der Waals surface area contributed by atoms with E-state index in [0.29, 0.717) is 37.2 Å². The first kappa shape index (κ1) is 13.6. The number of benzene rings is 1. The van der Waals surface area contributed by atoms with E-state index in [2.05, 4.69) is 11.8 Å². The topological polar surface area (TPSA) is 55.8 Å². The smallest absolute Gasteiger partial charge is 0.339 e. The van der Waals surface area contributed by atoms with Gasteiger partial charge in [-0.15, -0.1) is 0 Å². The lowest BCUT2D eigenvalue weighted by Gasteiger charge is -2.26. The first-order valence-corrected chi connectivity index (χ1v) is 6.15. The van der Waals surface area contributed by atoms with Crippen molar-refractivity contribution in [2.75, 3.05) is 20.3 Å². The van der Waals surface area contributed by atoms with Gasteiger partial charge >= 0.3 is 5.97 Å². The molecule has 0 spiro atoms. The van der Waals surface area contributed by atoms with Crippen LogP contribution in [0, 0.1) is 11.8 Å². The Hall–Kier alpha value is -1.83. The number of hydrogen-bond donors (Lipinski definition) is 1. The molecule has 1 aliphatic heterocycles. The second-order valence-corrected chi connectivity index (χ2v) is 4.43. The van der Waals surface area contributed by atoms with Crippen molar-refractivity contribution < 1.29 is 19.4 Å². The average Bonchev–Trinajstić information content (AvgIpc) is 2.45. The number of esters is 1. The summed E-state index contributed by atoms with van der Waals surface area (Å²) in [5, 5.41) is 10.2. The molecule has 0 amide bonds. The zero-order valence-electron chi connectivity index (χ0n) is 10.8. The van der Waals surface area contributed by atoms with Crippen molar-refractivity contribution in [1.29, 1.82) is 0 Å². The number of hydrogen-bond acceptors (Lipinski definition) is 4. The SMILES string of the molecule is COC(=O)c1ccccc1C#CC1(O)CCOCC1. The van der Waals surface area contributed by atoms with E-state index in [-0.39, 0.29) is 0 Å². The largest absolute Gasteiger partial charge is 0.465 e. The summed E-state index contributed by atoms with van der Waals surface area (Å²) in [4.78, 5) is 11.6. The Labute approximate surface area is 112 Å². The molecule has 0 aliphatic carbocycles. The van der Waals surface area contributed by atoms with Crippen molar-refractivity contribution in [1.82, 2.24) is 0 Å². The van der Waals surface area contributed by atoms with Gasteiger partial charge in [-0.2, -0.15) is 0 Å². The lowest BCUT2D eigenvalue weighted by molar-refractivity contribution is -0.0262. The van der Waals surface area contributed by atoms with Crippen molar-refractivity contribution in [2.45, 2.75) is 18.4 Å². The quantitative estimate of drug-likeness (QED) is 0.612. The number of carbonyl (C=O) groups excluding carboxylic acids is 1. The number of methoxy groups -OCH3 is 1. The van der Waals surface area contributed by atoms with Crippen LogP contribution in [0.2, 0.25) is 0 Å². The average molecular weight is 260 g/mol. The lowest BCUT2D eigenvalue weighted by atomic mass is 9.94. The molecule has 0 saturated carbocycles. The molecular formula is C15H16O4. The normalized spacial score (nSPS) is 17.2. The Kier molecular flexibility index (Phi) is 4.20. The van der Waals surface area contributed by atoms with Gasteiger partial charge < -0.3 is 14.6 Å². The second kappa shape index (κ2) is 5.87. The van der Waals surface area contributed by atoms with Gasteiger partial charge in [0.05, 0.1) is 25.9 Å².